The molecule has 2 saturated heterocycles. The molecule has 35 heavy (non-hydrogen) atoms. The van der Waals surface area contributed by atoms with Crippen LogP contribution in [0.2, 0.25) is 0 Å². The quantitative estimate of drug-likeness (QED) is 0.456. The zero-order valence-corrected chi connectivity index (χ0v) is 20.0. The van der Waals surface area contributed by atoms with Crippen LogP contribution >= 0.6 is 0 Å². The Balaban J connectivity index is 1.17. The minimum atomic E-state index is -0.0714. The van der Waals surface area contributed by atoms with Crippen LogP contribution in [-0.4, -0.2) is 61.9 Å². The third kappa shape index (κ3) is 4.14. The Morgan fingerprint density at radius 3 is 2.40 bits per heavy atom. The molecule has 2 aliphatic heterocycles. The molecular formula is C28H31N5O2. The molecule has 0 aliphatic carbocycles. The minimum Gasteiger partial charge on any atom is -0.339 e. The molecule has 0 spiro atoms. The lowest BCUT2D eigenvalue weighted by molar-refractivity contribution is 0.0590. The highest BCUT2D eigenvalue weighted by atomic mass is 16.2. The molecule has 0 bridgehead atoms. The van der Waals surface area contributed by atoms with Gasteiger partial charge in [0.1, 0.15) is 5.52 Å². The van der Waals surface area contributed by atoms with E-state index in [1.807, 2.05) is 64.0 Å². The predicted molar refractivity (Wildman–Crippen MR) is 137 cm³/mol. The number of fused-ring (bicyclic) bond motifs is 3. The summed E-state index contributed by atoms with van der Waals surface area (Å²) in [6.45, 7) is 4.48. The molecule has 4 aromatic rings. The van der Waals surface area contributed by atoms with Crippen LogP contribution in [0.15, 0.2) is 65.7 Å². The SMILES string of the molecule is O=C(c1ccc(Cn2c(=O)c3cccn3c3cccnc32)cc1)N1CCC(N2CCCCC2)CC1. The molecule has 180 valence electrons. The maximum Gasteiger partial charge on any atom is 0.276 e. The fraction of sp³-hybridized carbons (Fsp3) is 0.393. The number of carbonyl (C=O) groups is 1. The third-order valence-electron chi connectivity index (χ3n) is 7.69. The van der Waals surface area contributed by atoms with Gasteiger partial charge in [-0.3, -0.25) is 14.2 Å². The number of carbonyl (C=O) groups excluding carboxylic acids is 1. The molecule has 0 saturated carbocycles. The number of pyridine rings is 1. The molecular weight excluding hydrogens is 438 g/mol. The standard InChI is InChI=1S/C28H31N5O2/c34-27(31-18-12-23(13-19-31)30-15-2-1-3-16-30)22-10-8-21(9-11-22)20-33-26-24(6-4-14-29-26)32-17-5-7-25(32)28(33)35/h4-11,14,17,23H,1-3,12-13,15-16,18-20H2. The molecule has 0 N–H and O–H groups in total. The number of aromatic nitrogens is 3. The normalized spacial score (nSPS) is 17.9. The summed E-state index contributed by atoms with van der Waals surface area (Å²) in [7, 11) is 0. The van der Waals surface area contributed by atoms with Crippen molar-refractivity contribution in [3.05, 3.63) is 82.4 Å². The molecule has 0 radical (unpaired) electrons. The van der Waals surface area contributed by atoms with Crippen molar-refractivity contribution in [1.82, 2.24) is 23.8 Å². The van der Waals surface area contributed by atoms with Crippen LogP contribution in [-0.2, 0) is 6.54 Å². The Labute approximate surface area is 204 Å². The summed E-state index contributed by atoms with van der Waals surface area (Å²) in [5.41, 5.74) is 3.78. The van der Waals surface area contributed by atoms with Crippen LogP contribution in [0.25, 0.3) is 16.7 Å². The van der Waals surface area contributed by atoms with Crippen molar-refractivity contribution in [3.8, 4) is 0 Å². The Bertz CT molecular complexity index is 1410. The topological polar surface area (TPSA) is 62.9 Å². The van der Waals surface area contributed by atoms with E-state index in [1.54, 1.807) is 10.8 Å². The van der Waals surface area contributed by atoms with E-state index >= 15 is 0 Å². The maximum absolute atomic E-state index is 13.2. The van der Waals surface area contributed by atoms with Gasteiger partial charge in [-0.2, -0.15) is 0 Å². The van der Waals surface area contributed by atoms with E-state index in [0.717, 1.165) is 37.0 Å². The first-order chi connectivity index (χ1) is 17.2. The van der Waals surface area contributed by atoms with Crippen LogP contribution in [0.3, 0.4) is 0 Å². The van der Waals surface area contributed by atoms with Crippen LogP contribution in [0.1, 0.15) is 48.0 Å². The van der Waals surface area contributed by atoms with Gasteiger partial charge in [-0.15, -0.1) is 0 Å². The summed E-state index contributed by atoms with van der Waals surface area (Å²) in [5.74, 6) is 0.104. The Kier molecular flexibility index (Phi) is 5.86. The molecule has 7 heteroatoms. The first kappa shape index (κ1) is 22.0. The zero-order chi connectivity index (χ0) is 23.8. The van der Waals surface area contributed by atoms with Crippen LogP contribution in [0.4, 0.5) is 0 Å². The van der Waals surface area contributed by atoms with Gasteiger partial charge in [-0.1, -0.05) is 18.6 Å². The third-order valence-corrected chi connectivity index (χ3v) is 7.69. The second kappa shape index (κ2) is 9.30. The number of amides is 1. The average Bonchev–Trinajstić information content (AvgIpc) is 3.42. The summed E-state index contributed by atoms with van der Waals surface area (Å²) in [4.78, 5) is 35.4. The summed E-state index contributed by atoms with van der Waals surface area (Å²) < 4.78 is 3.60. The highest BCUT2D eigenvalue weighted by Gasteiger charge is 2.28. The predicted octanol–water partition coefficient (Wildman–Crippen LogP) is 3.79. The minimum absolute atomic E-state index is 0.0714. The molecule has 1 aromatic carbocycles. The van der Waals surface area contributed by atoms with E-state index in [4.69, 9.17) is 0 Å². The lowest BCUT2D eigenvalue weighted by atomic mass is 9.99. The molecule has 2 aliphatic rings. The number of likely N-dealkylation sites (tertiary alicyclic amines) is 2. The van der Waals surface area contributed by atoms with Crippen molar-refractivity contribution in [1.29, 1.82) is 0 Å². The average molecular weight is 470 g/mol. The van der Waals surface area contributed by atoms with Crippen molar-refractivity contribution in [2.24, 2.45) is 0 Å². The summed E-state index contributed by atoms with van der Waals surface area (Å²) >= 11 is 0. The monoisotopic (exact) mass is 469 g/mol. The van der Waals surface area contributed by atoms with E-state index in [0.29, 0.717) is 29.3 Å². The second-order valence-electron chi connectivity index (χ2n) is 9.82. The highest BCUT2D eigenvalue weighted by molar-refractivity contribution is 5.94. The molecule has 0 atom stereocenters. The first-order valence-corrected chi connectivity index (χ1v) is 12.8. The summed E-state index contributed by atoms with van der Waals surface area (Å²) in [6, 6.07) is 15.9. The number of hydrogen-bond acceptors (Lipinski definition) is 4. The van der Waals surface area contributed by atoms with Crippen LogP contribution in [0.5, 0.6) is 0 Å². The van der Waals surface area contributed by atoms with E-state index in [-0.39, 0.29) is 11.5 Å². The highest BCUT2D eigenvalue weighted by Crippen LogP contribution is 2.22. The Hall–Kier alpha value is -3.45. The van der Waals surface area contributed by atoms with Crippen molar-refractivity contribution in [3.63, 3.8) is 0 Å². The molecule has 6 rings (SSSR count). The number of benzene rings is 1. The molecule has 0 unspecified atom stereocenters. The zero-order valence-electron chi connectivity index (χ0n) is 20.0. The smallest absolute Gasteiger partial charge is 0.276 e. The van der Waals surface area contributed by atoms with E-state index in [2.05, 4.69) is 9.88 Å². The lowest BCUT2D eigenvalue weighted by Crippen LogP contribution is -2.48. The maximum atomic E-state index is 13.2. The van der Waals surface area contributed by atoms with Crippen LogP contribution in [0, 0.1) is 0 Å². The van der Waals surface area contributed by atoms with Crippen molar-refractivity contribution in [2.75, 3.05) is 26.2 Å². The van der Waals surface area contributed by atoms with Gasteiger partial charge in [-0.05, 0) is 80.7 Å². The van der Waals surface area contributed by atoms with Crippen LogP contribution < -0.4 is 5.56 Å². The molecule has 3 aromatic heterocycles. The second-order valence-corrected chi connectivity index (χ2v) is 9.82. The van der Waals surface area contributed by atoms with Crippen molar-refractivity contribution >= 4 is 22.6 Å². The number of piperidine rings is 2. The number of hydrogen-bond donors (Lipinski definition) is 0. The summed E-state index contributed by atoms with van der Waals surface area (Å²) in [5, 5.41) is 0. The van der Waals surface area contributed by atoms with Crippen molar-refractivity contribution in [2.45, 2.75) is 44.7 Å². The van der Waals surface area contributed by atoms with E-state index < -0.39 is 0 Å². The van der Waals surface area contributed by atoms with Gasteiger partial charge in [0.15, 0.2) is 5.65 Å². The molecule has 5 heterocycles. The molecule has 7 nitrogen and oxygen atoms in total. The van der Waals surface area contributed by atoms with Gasteiger partial charge in [0, 0.05) is 37.1 Å². The van der Waals surface area contributed by atoms with Gasteiger partial charge in [0.05, 0.1) is 12.1 Å². The largest absolute Gasteiger partial charge is 0.339 e. The van der Waals surface area contributed by atoms with Gasteiger partial charge in [0.25, 0.3) is 11.5 Å². The number of nitrogens with zero attached hydrogens (tertiary/aromatic N) is 5. The lowest BCUT2D eigenvalue weighted by Gasteiger charge is -2.40. The van der Waals surface area contributed by atoms with Gasteiger partial charge in [-0.25, -0.2) is 4.98 Å². The number of rotatable bonds is 4. The van der Waals surface area contributed by atoms with E-state index in [9.17, 15) is 9.59 Å². The summed E-state index contributed by atoms with van der Waals surface area (Å²) in [6.07, 6.45) is 9.70. The Morgan fingerprint density at radius 2 is 1.63 bits per heavy atom. The fourth-order valence-corrected chi connectivity index (χ4v) is 5.77. The Morgan fingerprint density at radius 1 is 0.886 bits per heavy atom. The van der Waals surface area contributed by atoms with E-state index in [1.165, 1.54) is 32.4 Å². The van der Waals surface area contributed by atoms with Gasteiger partial charge >= 0.3 is 0 Å². The molecule has 2 fully saturated rings. The molecule has 1 amide bonds. The van der Waals surface area contributed by atoms with Gasteiger partial charge < -0.3 is 14.2 Å². The van der Waals surface area contributed by atoms with Crippen molar-refractivity contribution < 1.29 is 4.79 Å². The first-order valence-electron chi connectivity index (χ1n) is 12.8. The fourth-order valence-electron chi connectivity index (χ4n) is 5.77. The van der Waals surface area contributed by atoms with Gasteiger partial charge in [0.2, 0.25) is 0 Å².